The molecular formula is CH2Br3OTi. The first kappa shape index (κ1) is 11.0. The van der Waals surface area contributed by atoms with Gasteiger partial charge in [-0.25, -0.2) is 0 Å². The summed E-state index contributed by atoms with van der Waals surface area (Å²) in [5, 5.41) is 7.89. The first-order valence-electron chi connectivity index (χ1n) is 0.884. The Morgan fingerprint density at radius 1 is 1.33 bits per heavy atom. The predicted octanol–water partition coefficient (Wildman–Crippen LogP) is 1.90. The zero-order chi connectivity index (χ0) is 5.58. The summed E-state index contributed by atoms with van der Waals surface area (Å²) in [6.45, 7) is 0. The second-order valence-corrected chi connectivity index (χ2v) is 3.24. The van der Waals surface area contributed by atoms with E-state index in [2.05, 4.69) is 45.0 Å². The molecule has 37 valence electrons. The molecule has 6 heavy (non-hydrogen) atoms. The van der Waals surface area contributed by atoms with Crippen LogP contribution in [-0.4, -0.2) is 9.03 Å². The van der Waals surface area contributed by atoms with Crippen molar-refractivity contribution in [3.63, 3.8) is 0 Å². The summed E-state index contributed by atoms with van der Waals surface area (Å²) in [7, 11) is 0. The molecule has 0 aromatic rings. The van der Waals surface area contributed by atoms with E-state index >= 15 is 0 Å². The van der Waals surface area contributed by atoms with Crippen molar-refractivity contribution in [2.45, 2.75) is 3.92 Å². The Bertz CT molecular complexity index is 15.5. The van der Waals surface area contributed by atoms with E-state index in [0.717, 1.165) is 0 Å². The third-order valence-corrected chi connectivity index (χ3v) is 0. The van der Waals surface area contributed by atoms with Crippen LogP contribution in [0.15, 0.2) is 0 Å². The van der Waals surface area contributed by atoms with E-state index in [0.29, 0.717) is 0 Å². The summed E-state index contributed by atoms with van der Waals surface area (Å²) in [5.74, 6) is 0. The molecule has 0 aliphatic heterocycles. The summed E-state index contributed by atoms with van der Waals surface area (Å²) in [4.78, 5) is 0. The van der Waals surface area contributed by atoms with Crippen LogP contribution in [0.5, 0.6) is 0 Å². The summed E-state index contributed by atoms with van der Waals surface area (Å²) in [5.41, 5.74) is 0. The molecule has 0 aliphatic rings. The maximum atomic E-state index is 7.89. The molecule has 0 saturated carbocycles. The van der Waals surface area contributed by atoms with E-state index in [9.17, 15) is 0 Å². The molecule has 0 aromatic heterocycles. The molecule has 0 spiro atoms. The number of aliphatic hydroxyl groups excluding tert-OH is 1. The van der Waals surface area contributed by atoms with Gasteiger partial charge in [0.05, 0.1) is 0 Å². The average molecular weight is 318 g/mol. The van der Waals surface area contributed by atoms with Crippen LogP contribution in [0.4, 0.5) is 0 Å². The first-order chi connectivity index (χ1) is 2.73. The molecule has 0 aliphatic carbocycles. The van der Waals surface area contributed by atoms with Crippen LogP contribution in [0.2, 0.25) is 0 Å². The predicted molar refractivity (Wildman–Crippen MR) is 32.8 cm³/mol. The van der Waals surface area contributed by atoms with Crippen LogP contribution in [-0.2, 0) is 18.3 Å². The Balaban J connectivity index is 0. The van der Waals surface area contributed by atoms with E-state index in [-0.39, 0.29) is 0 Å². The van der Waals surface area contributed by atoms with Crippen molar-refractivity contribution >= 4 is 45.0 Å². The molecule has 0 fully saturated rings. The number of aliphatic hydroxyl groups is 1. The quantitative estimate of drug-likeness (QED) is 0.534. The van der Waals surface area contributed by atoms with Crippen LogP contribution >= 0.6 is 45.0 Å². The fourth-order valence-electron chi connectivity index (χ4n) is 0. The monoisotopic (exact) mass is 315 g/mol. The molecular weight excluding hydrogens is 316 g/mol. The number of halogens is 3. The zero-order valence-corrected chi connectivity index (χ0v) is 8.98. The molecule has 0 heterocycles. The minimum atomic E-state index is -0.542. The van der Waals surface area contributed by atoms with Crippen LogP contribution in [0.3, 0.4) is 0 Å². The van der Waals surface area contributed by atoms with Crippen molar-refractivity contribution in [2.24, 2.45) is 0 Å². The van der Waals surface area contributed by atoms with Crippen molar-refractivity contribution in [3.05, 3.63) is 0 Å². The van der Waals surface area contributed by atoms with Gasteiger partial charge in [0, 0.05) is 0 Å². The molecule has 0 bridgehead atoms. The van der Waals surface area contributed by atoms with E-state index in [1.807, 2.05) is 18.3 Å². The van der Waals surface area contributed by atoms with E-state index < -0.39 is 3.92 Å². The van der Waals surface area contributed by atoms with Gasteiger partial charge in [0.15, 0.2) is 3.92 Å². The fraction of sp³-hybridized carbons (Fsp3) is 1.00. The van der Waals surface area contributed by atoms with Gasteiger partial charge in [0.1, 0.15) is 0 Å². The molecule has 0 rings (SSSR count). The standard InChI is InChI=1S/CH2Br2O.BrH.Ti/c2-1(3)4;;/h1,4H;1H;/q;;+1/p-1. The van der Waals surface area contributed by atoms with Gasteiger partial charge in [-0.1, -0.05) is 0 Å². The minimum absolute atomic E-state index is 0.542. The molecule has 0 radical (unpaired) electrons. The summed E-state index contributed by atoms with van der Waals surface area (Å²) in [6.07, 6.45) is 0. The van der Waals surface area contributed by atoms with E-state index in [1.165, 1.54) is 0 Å². The van der Waals surface area contributed by atoms with Crippen LogP contribution in [0, 0.1) is 0 Å². The van der Waals surface area contributed by atoms with Crippen molar-refractivity contribution < 1.29 is 23.4 Å². The van der Waals surface area contributed by atoms with Crippen LogP contribution < -0.4 is 0 Å². The molecule has 0 amide bonds. The van der Waals surface area contributed by atoms with Gasteiger partial charge in [-0.2, -0.15) is 0 Å². The molecule has 0 unspecified atom stereocenters. The summed E-state index contributed by atoms with van der Waals surface area (Å²) in [6, 6.07) is 0. The van der Waals surface area contributed by atoms with Gasteiger partial charge in [0.2, 0.25) is 0 Å². The Morgan fingerprint density at radius 2 is 1.33 bits per heavy atom. The molecule has 1 N–H and O–H groups in total. The zero-order valence-electron chi connectivity index (χ0n) is 2.66. The van der Waals surface area contributed by atoms with E-state index in [1.54, 1.807) is 0 Å². The fourth-order valence-corrected chi connectivity index (χ4v) is 0. The normalized spacial score (nSPS) is 6.67. The average Bonchev–Trinajstić information content (AvgIpc) is 1.41. The van der Waals surface area contributed by atoms with Gasteiger partial charge < -0.3 is 5.11 Å². The maximum absolute atomic E-state index is 7.89. The number of alkyl halides is 2. The van der Waals surface area contributed by atoms with Crippen LogP contribution in [0.1, 0.15) is 0 Å². The van der Waals surface area contributed by atoms with E-state index in [4.69, 9.17) is 5.11 Å². The Kier molecular flexibility index (Phi) is 18.6. The van der Waals surface area contributed by atoms with Crippen molar-refractivity contribution in [2.75, 3.05) is 0 Å². The Labute approximate surface area is 71.6 Å². The van der Waals surface area contributed by atoms with Crippen molar-refractivity contribution in [1.29, 1.82) is 0 Å². The van der Waals surface area contributed by atoms with Crippen molar-refractivity contribution in [3.8, 4) is 0 Å². The first-order valence-corrected chi connectivity index (χ1v) is 6.57. The molecule has 5 heteroatoms. The Hall–Kier alpha value is 2.11. The number of rotatable bonds is 0. The van der Waals surface area contributed by atoms with Gasteiger partial charge in [-0.3, -0.25) is 0 Å². The Morgan fingerprint density at radius 3 is 1.33 bits per heavy atom. The van der Waals surface area contributed by atoms with Crippen LogP contribution in [0.25, 0.3) is 0 Å². The third-order valence-electron chi connectivity index (χ3n) is 0. The van der Waals surface area contributed by atoms with Crippen molar-refractivity contribution in [1.82, 2.24) is 0 Å². The second-order valence-electron chi connectivity index (χ2n) is 0.278. The molecule has 0 atom stereocenters. The van der Waals surface area contributed by atoms with Gasteiger partial charge in [0.25, 0.3) is 0 Å². The molecule has 1 nitrogen and oxygen atoms in total. The molecule has 0 aromatic carbocycles. The number of hydrogen-bond acceptors (Lipinski definition) is 1. The van der Waals surface area contributed by atoms with Gasteiger partial charge >= 0.3 is 31.5 Å². The molecule has 0 saturated heterocycles. The SMILES string of the molecule is OC(Br)Br.[Ti][Br]. The number of hydrogen-bond donors (Lipinski definition) is 1. The third kappa shape index (κ3) is 35.8. The second kappa shape index (κ2) is 10.2. The topological polar surface area (TPSA) is 20.2 Å². The van der Waals surface area contributed by atoms with Gasteiger partial charge in [-0.15, -0.1) is 0 Å². The van der Waals surface area contributed by atoms with Gasteiger partial charge in [-0.05, 0) is 31.9 Å². The summed E-state index contributed by atoms with van der Waals surface area (Å²) >= 11 is 10.2. The summed E-state index contributed by atoms with van der Waals surface area (Å²) < 4.78 is -0.542.